The minimum Gasteiger partial charge on any atom is -0.484 e. The highest BCUT2D eigenvalue weighted by molar-refractivity contribution is 5.43. The zero-order valence-electron chi connectivity index (χ0n) is 11.5. The molecule has 0 bridgehead atoms. The Kier molecular flexibility index (Phi) is 5.16. The van der Waals surface area contributed by atoms with Gasteiger partial charge in [-0.15, -0.1) is 0 Å². The second kappa shape index (κ2) is 7.32. The van der Waals surface area contributed by atoms with E-state index in [9.17, 15) is 0 Å². The molecule has 0 unspecified atom stereocenters. The molecule has 0 aromatic heterocycles. The molecule has 0 aliphatic rings. The summed E-state index contributed by atoms with van der Waals surface area (Å²) < 4.78 is 6.06. The Morgan fingerprint density at radius 3 is 2.50 bits per heavy atom. The van der Waals surface area contributed by atoms with Crippen molar-refractivity contribution in [3.05, 3.63) is 65.7 Å². The Morgan fingerprint density at radius 1 is 1.10 bits per heavy atom. The molecule has 2 aromatic rings. The Morgan fingerprint density at radius 2 is 1.80 bits per heavy atom. The summed E-state index contributed by atoms with van der Waals surface area (Å²) in [5.41, 5.74) is 1.69. The number of nitrogens with one attached hydrogen (secondary N) is 1. The summed E-state index contributed by atoms with van der Waals surface area (Å²) in [6.45, 7) is 0.855. The number of rotatable bonds is 6. The van der Waals surface area contributed by atoms with Gasteiger partial charge in [0.25, 0.3) is 0 Å². The third-order valence-corrected chi connectivity index (χ3v) is 3.10. The number of nitriles is 1. The highest BCUT2D eigenvalue weighted by atomic mass is 16.5. The third-order valence-electron chi connectivity index (χ3n) is 3.10. The summed E-state index contributed by atoms with van der Waals surface area (Å²) in [7, 11) is 1.92. The molecule has 2 rings (SSSR count). The number of benzene rings is 2. The zero-order chi connectivity index (χ0) is 14.2. The first-order chi connectivity index (χ1) is 9.85. The lowest BCUT2D eigenvalue weighted by atomic mass is 10.1. The second-order valence-electron chi connectivity index (χ2n) is 4.52. The van der Waals surface area contributed by atoms with Gasteiger partial charge in [0.05, 0.1) is 5.56 Å². The molecule has 2 aromatic carbocycles. The van der Waals surface area contributed by atoms with Crippen molar-refractivity contribution in [3.8, 4) is 11.8 Å². The monoisotopic (exact) mass is 266 g/mol. The molecule has 0 spiro atoms. The summed E-state index contributed by atoms with van der Waals surface area (Å²) >= 11 is 0. The van der Waals surface area contributed by atoms with Crippen LogP contribution >= 0.6 is 0 Å². The average molecular weight is 266 g/mol. The molecule has 3 nitrogen and oxygen atoms in total. The molecule has 0 saturated heterocycles. The summed E-state index contributed by atoms with van der Waals surface area (Å²) in [5.74, 6) is 0.639. The molecule has 102 valence electrons. The summed E-state index contributed by atoms with van der Waals surface area (Å²) in [4.78, 5) is 0. The van der Waals surface area contributed by atoms with Gasteiger partial charge in [-0.05, 0) is 31.3 Å². The van der Waals surface area contributed by atoms with Crippen LogP contribution in [0.5, 0.6) is 5.75 Å². The number of para-hydroxylation sites is 1. The van der Waals surface area contributed by atoms with E-state index in [4.69, 9.17) is 10.00 Å². The van der Waals surface area contributed by atoms with Gasteiger partial charge in [0.15, 0.2) is 0 Å². The van der Waals surface area contributed by atoms with Crippen molar-refractivity contribution in [2.75, 3.05) is 13.6 Å². The maximum atomic E-state index is 9.14. The summed E-state index contributed by atoms with van der Waals surface area (Å²) in [6.07, 6.45) is 0.790. The molecular formula is C17H18N2O. The maximum absolute atomic E-state index is 9.14. The van der Waals surface area contributed by atoms with Crippen LogP contribution in [-0.2, 0) is 0 Å². The second-order valence-corrected chi connectivity index (χ2v) is 4.52. The van der Waals surface area contributed by atoms with E-state index in [0.717, 1.165) is 18.5 Å². The fourth-order valence-electron chi connectivity index (χ4n) is 2.05. The smallest absolute Gasteiger partial charge is 0.137 e. The van der Waals surface area contributed by atoms with E-state index in [-0.39, 0.29) is 6.10 Å². The van der Waals surface area contributed by atoms with Crippen LogP contribution < -0.4 is 10.1 Å². The van der Waals surface area contributed by atoms with Crippen LogP contribution in [0.4, 0.5) is 0 Å². The van der Waals surface area contributed by atoms with E-state index in [1.807, 2.05) is 43.4 Å². The van der Waals surface area contributed by atoms with Crippen LogP contribution in [0, 0.1) is 11.3 Å². The Bertz CT molecular complexity index is 575. The average Bonchev–Trinajstić information content (AvgIpc) is 2.52. The lowest BCUT2D eigenvalue weighted by Gasteiger charge is -2.20. The van der Waals surface area contributed by atoms with Gasteiger partial charge in [0.1, 0.15) is 17.9 Å². The predicted molar refractivity (Wildman–Crippen MR) is 79.5 cm³/mol. The predicted octanol–water partition coefficient (Wildman–Crippen LogP) is 3.29. The first-order valence-corrected chi connectivity index (χ1v) is 6.70. The quantitative estimate of drug-likeness (QED) is 0.872. The lowest BCUT2D eigenvalue weighted by Crippen LogP contribution is -2.16. The van der Waals surface area contributed by atoms with Gasteiger partial charge in [-0.3, -0.25) is 0 Å². The van der Waals surface area contributed by atoms with Gasteiger partial charge in [-0.2, -0.15) is 5.26 Å². The maximum Gasteiger partial charge on any atom is 0.137 e. The first kappa shape index (κ1) is 14.1. The van der Waals surface area contributed by atoms with E-state index >= 15 is 0 Å². The van der Waals surface area contributed by atoms with Gasteiger partial charge in [-0.1, -0.05) is 42.5 Å². The highest BCUT2D eigenvalue weighted by Gasteiger charge is 2.14. The van der Waals surface area contributed by atoms with Gasteiger partial charge in [0, 0.05) is 6.42 Å². The number of nitrogens with zero attached hydrogens (tertiary/aromatic N) is 1. The molecule has 1 N–H and O–H groups in total. The van der Waals surface area contributed by atoms with Crippen molar-refractivity contribution < 1.29 is 4.74 Å². The van der Waals surface area contributed by atoms with E-state index < -0.39 is 0 Å². The van der Waals surface area contributed by atoms with Crippen LogP contribution in [0.3, 0.4) is 0 Å². The molecule has 3 heteroatoms. The van der Waals surface area contributed by atoms with E-state index in [1.165, 1.54) is 0 Å². The fourth-order valence-corrected chi connectivity index (χ4v) is 2.05. The van der Waals surface area contributed by atoms with Crippen molar-refractivity contribution in [2.24, 2.45) is 0 Å². The SMILES string of the molecule is CNCC[C@@H](Oc1ccccc1C#N)c1ccccc1. The molecule has 1 atom stereocenters. The number of ether oxygens (including phenoxy) is 1. The van der Waals surface area contributed by atoms with E-state index in [1.54, 1.807) is 6.07 Å². The zero-order valence-corrected chi connectivity index (χ0v) is 11.5. The van der Waals surface area contributed by atoms with Gasteiger partial charge >= 0.3 is 0 Å². The summed E-state index contributed by atoms with van der Waals surface area (Å²) in [5, 5.41) is 12.3. The van der Waals surface area contributed by atoms with Crippen LogP contribution in [0.15, 0.2) is 54.6 Å². The number of hydrogen-bond acceptors (Lipinski definition) is 3. The topological polar surface area (TPSA) is 45.0 Å². The molecule has 0 radical (unpaired) electrons. The molecule has 20 heavy (non-hydrogen) atoms. The van der Waals surface area contributed by atoms with Crippen LogP contribution in [0.2, 0.25) is 0 Å². The third kappa shape index (κ3) is 3.59. The highest BCUT2D eigenvalue weighted by Crippen LogP contribution is 2.26. The Balaban J connectivity index is 2.22. The largest absolute Gasteiger partial charge is 0.484 e. The molecular weight excluding hydrogens is 248 g/mol. The standard InChI is InChI=1S/C17H18N2O/c1-19-12-11-17(14-7-3-2-4-8-14)20-16-10-6-5-9-15(16)13-18/h2-10,17,19H,11-12H2,1H3/t17-/m1/s1. The van der Waals surface area contributed by atoms with Crippen LogP contribution in [-0.4, -0.2) is 13.6 Å². The molecule has 0 saturated carbocycles. The molecule has 0 heterocycles. The van der Waals surface area contributed by atoms with Gasteiger partial charge < -0.3 is 10.1 Å². The minimum atomic E-state index is -0.0573. The van der Waals surface area contributed by atoms with Crippen LogP contribution in [0.25, 0.3) is 0 Å². The van der Waals surface area contributed by atoms with Crippen molar-refractivity contribution in [2.45, 2.75) is 12.5 Å². The van der Waals surface area contributed by atoms with Gasteiger partial charge in [-0.25, -0.2) is 0 Å². The first-order valence-electron chi connectivity index (χ1n) is 6.70. The van der Waals surface area contributed by atoms with Crippen LogP contribution in [0.1, 0.15) is 23.7 Å². The Labute approximate surface area is 119 Å². The van der Waals surface area contributed by atoms with E-state index in [2.05, 4.69) is 23.5 Å². The van der Waals surface area contributed by atoms with E-state index in [0.29, 0.717) is 11.3 Å². The van der Waals surface area contributed by atoms with Crippen molar-refractivity contribution in [3.63, 3.8) is 0 Å². The molecule has 0 aliphatic heterocycles. The summed E-state index contributed by atoms with van der Waals surface area (Å²) in [6, 6.07) is 19.6. The lowest BCUT2D eigenvalue weighted by molar-refractivity contribution is 0.194. The number of hydrogen-bond donors (Lipinski definition) is 1. The van der Waals surface area contributed by atoms with Crippen molar-refractivity contribution in [1.82, 2.24) is 5.32 Å². The molecule has 0 amide bonds. The fraction of sp³-hybridized carbons (Fsp3) is 0.235. The minimum absolute atomic E-state index is 0.0573. The van der Waals surface area contributed by atoms with Crippen molar-refractivity contribution >= 4 is 0 Å². The Hall–Kier alpha value is -2.31. The molecule has 0 fully saturated rings. The molecule has 0 aliphatic carbocycles. The van der Waals surface area contributed by atoms with Gasteiger partial charge in [0.2, 0.25) is 0 Å². The van der Waals surface area contributed by atoms with Crippen molar-refractivity contribution in [1.29, 1.82) is 5.26 Å². The normalized spacial score (nSPS) is 11.6.